The van der Waals surface area contributed by atoms with E-state index >= 15 is 0 Å². The molecule has 0 aromatic rings. The molecular formula is C19H24O2. The predicted octanol–water partition coefficient (Wildman–Crippen LogP) is 3.86. The zero-order valence-electron chi connectivity index (χ0n) is 13.0. The van der Waals surface area contributed by atoms with Crippen LogP contribution in [0.25, 0.3) is 0 Å². The lowest BCUT2D eigenvalue weighted by Crippen LogP contribution is -2.52. The zero-order valence-corrected chi connectivity index (χ0v) is 13.0. The van der Waals surface area contributed by atoms with Crippen LogP contribution in [0, 0.1) is 28.6 Å². The largest absolute Gasteiger partial charge is 0.299 e. The van der Waals surface area contributed by atoms with Gasteiger partial charge in [-0.1, -0.05) is 24.6 Å². The Morgan fingerprint density at radius 3 is 2.67 bits per heavy atom. The summed E-state index contributed by atoms with van der Waals surface area (Å²) in [5, 5.41) is 0. The monoisotopic (exact) mass is 284 g/mol. The van der Waals surface area contributed by atoms with E-state index in [1.54, 1.807) is 6.08 Å². The van der Waals surface area contributed by atoms with Crippen LogP contribution < -0.4 is 0 Å². The highest BCUT2D eigenvalue weighted by molar-refractivity contribution is 5.99. The summed E-state index contributed by atoms with van der Waals surface area (Å²) < 4.78 is 0. The molecule has 0 aromatic carbocycles. The van der Waals surface area contributed by atoms with Crippen molar-refractivity contribution in [3.63, 3.8) is 0 Å². The molecule has 2 heteroatoms. The topological polar surface area (TPSA) is 34.1 Å². The molecule has 0 aliphatic heterocycles. The molecule has 4 aliphatic rings. The highest BCUT2D eigenvalue weighted by Gasteiger charge is 2.60. The van der Waals surface area contributed by atoms with Crippen molar-refractivity contribution >= 4 is 11.6 Å². The van der Waals surface area contributed by atoms with Crippen LogP contribution in [-0.4, -0.2) is 11.6 Å². The average molecular weight is 284 g/mol. The van der Waals surface area contributed by atoms with Crippen LogP contribution in [0.2, 0.25) is 0 Å². The third-order valence-corrected chi connectivity index (χ3v) is 7.36. The maximum absolute atomic E-state index is 12.6. The third-order valence-electron chi connectivity index (χ3n) is 7.36. The molecule has 112 valence electrons. The summed E-state index contributed by atoms with van der Waals surface area (Å²) in [7, 11) is 0. The summed E-state index contributed by atoms with van der Waals surface area (Å²) in [4.78, 5) is 25.0. The van der Waals surface area contributed by atoms with E-state index in [9.17, 15) is 9.59 Å². The highest BCUT2D eigenvalue weighted by atomic mass is 16.1. The van der Waals surface area contributed by atoms with Crippen LogP contribution in [0.5, 0.6) is 0 Å². The van der Waals surface area contributed by atoms with Crippen LogP contribution in [-0.2, 0) is 9.59 Å². The minimum Gasteiger partial charge on any atom is -0.299 e. The summed E-state index contributed by atoms with van der Waals surface area (Å²) in [5.41, 5.74) is 0.959. The highest BCUT2D eigenvalue weighted by Crippen LogP contribution is 2.63. The van der Waals surface area contributed by atoms with E-state index in [0.717, 1.165) is 32.1 Å². The molecule has 21 heavy (non-hydrogen) atoms. The maximum Gasteiger partial charge on any atom is 0.165 e. The smallest absolute Gasteiger partial charge is 0.165 e. The molecule has 0 unspecified atom stereocenters. The van der Waals surface area contributed by atoms with E-state index < -0.39 is 0 Å². The molecule has 0 bridgehead atoms. The Morgan fingerprint density at radius 1 is 1.05 bits per heavy atom. The van der Waals surface area contributed by atoms with Crippen LogP contribution >= 0.6 is 0 Å². The van der Waals surface area contributed by atoms with Gasteiger partial charge in [0.1, 0.15) is 5.78 Å². The first-order valence-corrected chi connectivity index (χ1v) is 8.43. The number of carbonyl (C=O) groups excluding carboxylic acids is 2. The van der Waals surface area contributed by atoms with Crippen molar-refractivity contribution in [2.75, 3.05) is 0 Å². The number of ketones is 2. The maximum atomic E-state index is 12.6. The third kappa shape index (κ3) is 1.54. The lowest BCUT2D eigenvalue weighted by molar-refractivity contribution is -0.136. The van der Waals surface area contributed by atoms with Crippen molar-refractivity contribution < 1.29 is 9.59 Å². The molecule has 4 rings (SSSR count). The van der Waals surface area contributed by atoms with Gasteiger partial charge in [-0.05, 0) is 62.9 Å². The Labute approximate surface area is 126 Å². The van der Waals surface area contributed by atoms with Gasteiger partial charge in [0.15, 0.2) is 5.78 Å². The second-order valence-electron chi connectivity index (χ2n) is 7.95. The number of carbonyl (C=O) groups is 2. The van der Waals surface area contributed by atoms with Gasteiger partial charge in [0.2, 0.25) is 0 Å². The second kappa shape index (κ2) is 4.18. The lowest BCUT2D eigenvalue weighted by Gasteiger charge is -2.55. The molecule has 0 radical (unpaired) electrons. The van der Waals surface area contributed by atoms with Gasteiger partial charge in [-0.25, -0.2) is 0 Å². The first-order chi connectivity index (χ1) is 9.98. The molecule has 0 saturated heterocycles. The van der Waals surface area contributed by atoms with Crippen molar-refractivity contribution in [1.29, 1.82) is 0 Å². The van der Waals surface area contributed by atoms with Crippen molar-refractivity contribution in [2.24, 2.45) is 28.6 Å². The van der Waals surface area contributed by atoms with Gasteiger partial charge in [0.05, 0.1) is 5.41 Å². The van der Waals surface area contributed by atoms with Gasteiger partial charge < -0.3 is 0 Å². The van der Waals surface area contributed by atoms with Gasteiger partial charge in [-0.15, -0.1) is 0 Å². The summed E-state index contributed by atoms with van der Waals surface area (Å²) in [5.74, 6) is 2.29. The van der Waals surface area contributed by atoms with Crippen LogP contribution in [0.1, 0.15) is 52.4 Å². The molecule has 0 spiro atoms. The minimum atomic E-state index is -0.287. The quantitative estimate of drug-likeness (QED) is 0.677. The number of hydrogen-bond acceptors (Lipinski definition) is 2. The van der Waals surface area contributed by atoms with Crippen LogP contribution in [0.3, 0.4) is 0 Å². The van der Waals surface area contributed by atoms with Gasteiger partial charge in [-0.2, -0.15) is 0 Å². The fourth-order valence-corrected chi connectivity index (χ4v) is 6.02. The molecule has 3 saturated carbocycles. The Bertz CT molecular complexity index is 584. The molecule has 0 heterocycles. The van der Waals surface area contributed by atoms with E-state index in [1.165, 1.54) is 12.0 Å². The second-order valence-corrected chi connectivity index (χ2v) is 7.95. The van der Waals surface area contributed by atoms with Gasteiger partial charge in [0.25, 0.3) is 0 Å². The summed E-state index contributed by atoms with van der Waals surface area (Å²) in [6, 6.07) is 0. The molecule has 2 nitrogen and oxygen atoms in total. The molecular weight excluding hydrogens is 260 g/mol. The fourth-order valence-electron chi connectivity index (χ4n) is 6.02. The van der Waals surface area contributed by atoms with Crippen LogP contribution in [0.4, 0.5) is 0 Å². The van der Waals surface area contributed by atoms with Gasteiger partial charge in [0, 0.05) is 11.8 Å². The standard InChI is InChI=1S/C19H24O2/c1-18-11-10-15-13(14(18)8-9-16(18)20)7-6-12-4-3-5-17(21)19(12,15)2/h3-5,13-15H,6-11H2,1-2H3/t13-,14-,15-,18-,19-/m0/s1. The molecule has 4 aliphatic carbocycles. The summed E-state index contributed by atoms with van der Waals surface area (Å²) in [6.07, 6.45) is 11.9. The van der Waals surface area contributed by atoms with E-state index in [4.69, 9.17) is 0 Å². The van der Waals surface area contributed by atoms with Crippen molar-refractivity contribution in [1.82, 2.24) is 0 Å². The normalized spacial score (nSPS) is 48.5. The Kier molecular flexibility index (Phi) is 2.68. The first-order valence-electron chi connectivity index (χ1n) is 8.43. The molecule has 0 N–H and O–H groups in total. The first kappa shape index (κ1) is 13.5. The van der Waals surface area contributed by atoms with Crippen molar-refractivity contribution in [3.05, 3.63) is 23.8 Å². The van der Waals surface area contributed by atoms with E-state index in [0.29, 0.717) is 29.3 Å². The molecule has 5 atom stereocenters. The van der Waals surface area contributed by atoms with Crippen molar-refractivity contribution in [3.8, 4) is 0 Å². The van der Waals surface area contributed by atoms with E-state index in [-0.39, 0.29) is 10.8 Å². The lowest BCUT2D eigenvalue weighted by atomic mass is 9.48. The number of allylic oxidation sites excluding steroid dienone is 4. The SMILES string of the molecule is C[C@]12C(=O)C=CC=C1CC[C@@H]1[C@@H]2CC[C@]2(C)C(=O)CC[C@@H]12. The van der Waals surface area contributed by atoms with Gasteiger partial charge in [-0.3, -0.25) is 9.59 Å². The average Bonchev–Trinajstić information content (AvgIpc) is 2.76. The van der Waals surface area contributed by atoms with E-state index in [2.05, 4.69) is 19.9 Å². The Balaban J connectivity index is 1.75. The predicted molar refractivity (Wildman–Crippen MR) is 81.6 cm³/mol. The Morgan fingerprint density at radius 2 is 1.86 bits per heavy atom. The molecule has 3 fully saturated rings. The van der Waals surface area contributed by atoms with Crippen molar-refractivity contribution in [2.45, 2.75) is 52.4 Å². The number of hydrogen-bond donors (Lipinski definition) is 0. The Hall–Kier alpha value is -1.18. The van der Waals surface area contributed by atoms with Crippen LogP contribution in [0.15, 0.2) is 23.8 Å². The molecule has 0 aromatic heterocycles. The molecule has 0 amide bonds. The number of fused-ring (bicyclic) bond motifs is 5. The number of rotatable bonds is 0. The zero-order chi connectivity index (χ0) is 14.8. The number of Topliss-reactive ketones (excluding diaryl/α,β-unsaturated/α-hetero) is 1. The van der Waals surface area contributed by atoms with E-state index in [1.807, 2.05) is 6.08 Å². The summed E-state index contributed by atoms with van der Waals surface area (Å²) in [6.45, 7) is 4.36. The van der Waals surface area contributed by atoms with Gasteiger partial charge >= 0.3 is 0 Å². The fraction of sp³-hybridized carbons (Fsp3) is 0.684. The minimum absolute atomic E-state index is 0.0910. The summed E-state index contributed by atoms with van der Waals surface area (Å²) >= 11 is 0.